The number of carbonyl (C=O) groups excluding carboxylic acids is 1. The highest BCUT2D eigenvalue weighted by Crippen LogP contribution is 2.38. The van der Waals surface area contributed by atoms with Gasteiger partial charge in [0.15, 0.2) is 5.75 Å². The maximum absolute atomic E-state index is 12.2. The monoisotopic (exact) mass is 429 g/mol. The molecule has 0 bridgehead atoms. The molecule has 2 N–H and O–H groups in total. The van der Waals surface area contributed by atoms with E-state index in [0.717, 1.165) is 11.3 Å². The Bertz CT molecular complexity index is 1040. The van der Waals surface area contributed by atoms with Crippen LogP contribution in [0.5, 0.6) is 5.75 Å². The number of benzene rings is 1. The van der Waals surface area contributed by atoms with Gasteiger partial charge in [0.25, 0.3) is 5.91 Å². The fourth-order valence-electron chi connectivity index (χ4n) is 3.05. The molecule has 0 saturated carbocycles. The van der Waals surface area contributed by atoms with Crippen molar-refractivity contribution in [3.8, 4) is 17.0 Å². The van der Waals surface area contributed by atoms with E-state index >= 15 is 0 Å². The fraction of sp³-hybridized carbons (Fsp3) is 0.286. The molecule has 3 aromatic rings. The van der Waals surface area contributed by atoms with Crippen molar-refractivity contribution < 1.29 is 14.3 Å². The number of carbonyl (C=O) groups is 1. The molecule has 9 heteroatoms. The van der Waals surface area contributed by atoms with Crippen LogP contribution >= 0.6 is 11.6 Å². The Kier molecular flexibility index (Phi) is 6.91. The number of pyridine rings is 1. The zero-order valence-electron chi connectivity index (χ0n) is 17.3. The van der Waals surface area contributed by atoms with Crippen LogP contribution in [0.1, 0.15) is 30.4 Å². The molecule has 0 aliphatic heterocycles. The summed E-state index contributed by atoms with van der Waals surface area (Å²) in [5.41, 5.74) is 3.08. The van der Waals surface area contributed by atoms with Crippen LogP contribution in [0.4, 0.5) is 11.4 Å². The van der Waals surface area contributed by atoms with Crippen LogP contribution < -0.4 is 15.4 Å². The zero-order valence-corrected chi connectivity index (χ0v) is 18.0. The maximum Gasteiger partial charge on any atom is 0.254 e. The van der Waals surface area contributed by atoms with Gasteiger partial charge in [0.1, 0.15) is 11.4 Å². The summed E-state index contributed by atoms with van der Waals surface area (Å²) in [7, 11) is 3.14. The Balaban J connectivity index is 2.00. The number of hydrogen-bond acceptors (Lipinski definition) is 6. The Morgan fingerprint density at radius 3 is 2.80 bits per heavy atom. The molecule has 158 valence electrons. The molecule has 0 fully saturated rings. The number of nitrogens with one attached hydrogen (secondary N) is 2. The first kappa shape index (κ1) is 21.6. The summed E-state index contributed by atoms with van der Waals surface area (Å²) in [6.45, 7) is 4.47. The Morgan fingerprint density at radius 2 is 2.10 bits per heavy atom. The van der Waals surface area contributed by atoms with Gasteiger partial charge in [-0.25, -0.2) is 9.67 Å². The van der Waals surface area contributed by atoms with Crippen molar-refractivity contribution in [1.82, 2.24) is 20.1 Å². The first-order chi connectivity index (χ1) is 14.5. The molecule has 3 rings (SSSR count). The van der Waals surface area contributed by atoms with Gasteiger partial charge in [-0.1, -0.05) is 17.7 Å². The van der Waals surface area contributed by atoms with Crippen LogP contribution in [0.3, 0.4) is 0 Å². The average molecular weight is 430 g/mol. The second-order valence-corrected chi connectivity index (χ2v) is 6.77. The highest BCUT2D eigenvalue weighted by molar-refractivity contribution is 6.29. The number of anilines is 2. The summed E-state index contributed by atoms with van der Waals surface area (Å²) < 4.78 is 13.0. The van der Waals surface area contributed by atoms with Crippen molar-refractivity contribution in [2.75, 3.05) is 26.1 Å². The molecule has 1 aromatic carbocycles. The van der Waals surface area contributed by atoms with Gasteiger partial charge in [0, 0.05) is 31.6 Å². The van der Waals surface area contributed by atoms with Crippen LogP contribution in [0, 0.1) is 0 Å². The van der Waals surface area contributed by atoms with E-state index in [2.05, 4.69) is 20.7 Å². The van der Waals surface area contributed by atoms with Gasteiger partial charge in [0.2, 0.25) is 0 Å². The normalized spacial score (nSPS) is 11.8. The van der Waals surface area contributed by atoms with E-state index in [1.807, 2.05) is 44.3 Å². The third-order valence-electron chi connectivity index (χ3n) is 4.50. The van der Waals surface area contributed by atoms with Gasteiger partial charge in [-0.3, -0.25) is 4.79 Å². The molecule has 0 radical (unpaired) electrons. The van der Waals surface area contributed by atoms with E-state index in [0.29, 0.717) is 29.3 Å². The Morgan fingerprint density at radius 1 is 1.30 bits per heavy atom. The van der Waals surface area contributed by atoms with Crippen molar-refractivity contribution in [3.05, 3.63) is 53.4 Å². The van der Waals surface area contributed by atoms with E-state index in [4.69, 9.17) is 21.1 Å². The number of hydrogen-bond donors (Lipinski definition) is 2. The third-order valence-corrected chi connectivity index (χ3v) is 4.70. The first-order valence-electron chi connectivity index (χ1n) is 9.47. The largest absolute Gasteiger partial charge is 0.494 e. The number of methoxy groups -OCH3 is 1. The molecule has 1 amide bonds. The Hall–Kier alpha value is -3.10. The van der Waals surface area contributed by atoms with Gasteiger partial charge in [-0.05, 0) is 38.1 Å². The van der Waals surface area contributed by atoms with Gasteiger partial charge in [-0.15, -0.1) is 0 Å². The summed E-state index contributed by atoms with van der Waals surface area (Å²) in [6, 6.07) is 9.14. The summed E-state index contributed by atoms with van der Waals surface area (Å²) in [4.78, 5) is 16.2. The lowest BCUT2D eigenvalue weighted by Crippen LogP contribution is -2.19. The highest BCUT2D eigenvalue weighted by atomic mass is 35.5. The molecule has 1 unspecified atom stereocenters. The summed E-state index contributed by atoms with van der Waals surface area (Å²) in [5.74, 6) is 0.308. The molecule has 30 heavy (non-hydrogen) atoms. The second-order valence-electron chi connectivity index (χ2n) is 6.38. The molecular formula is C21H24ClN5O3. The summed E-state index contributed by atoms with van der Waals surface area (Å²) in [6.07, 6.45) is 3.11. The molecule has 2 aromatic heterocycles. The number of nitrogens with zero attached hydrogens (tertiary/aromatic N) is 3. The maximum atomic E-state index is 12.2. The standard InChI is InChI=1S/C21H24ClN5O3/c1-5-30-13(2)27-10-9-16(26-27)14-7-6-8-17(20(14)29-4)25-18-11-19(22)24-12-15(18)21(28)23-3/h6-13H,5H2,1-4H3,(H,23,28)(H,24,25). The topological polar surface area (TPSA) is 90.3 Å². The fourth-order valence-corrected chi connectivity index (χ4v) is 3.21. The van der Waals surface area contributed by atoms with Gasteiger partial charge >= 0.3 is 0 Å². The molecule has 1 atom stereocenters. The van der Waals surface area contributed by atoms with Crippen LogP contribution in [0.2, 0.25) is 5.15 Å². The van der Waals surface area contributed by atoms with Crippen LogP contribution in [-0.4, -0.2) is 41.4 Å². The highest BCUT2D eigenvalue weighted by Gasteiger charge is 2.17. The zero-order chi connectivity index (χ0) is 21.7. The number of para-hydroxylation sites is 1. The molecule has 0 saturated heterocycles. The second kappa shape index (κ2) is 9.60. The van der Waals surface area contributed by atoms with Crippen molar-refractivity contribution in [1.29, 1.82) is 0 Å². The predicted molar refractivity (Wildman–Crippen MR) is 116 cm³/mol. The van der Waals surface area contributed by atoms with Gasteiger partial charge in [0.05, 0.1) is 29.7 Å². The SMILES string of the molecule is CCOC(C)n1ccc(-c2cccc(Nc3cc(Cl)ncc3C(=O)NC)c2OC)n1. The molecule has 0 aliphatic rings. The number of halogens is 1. The molecular weight excluding hydrogens is 406 g/mol. The number of aromatic nitrogens is 3. The predicted octanol–water partition coefficient (Wildman–Crippen LogP) is 4.27. The minimum absolute atomic E-state index is 0.176. The van der Waals surface area contributed by atoms with Crippen molar-refractivity contribution >= 4 is 28.9 Å². The lowest BCUT2D eigenvalue weighted by molar-refractivity contribution is 0.0161. The Labute approximate surface area is 180 Å². The van der Waals surface area contributed by atoms with E-state index in [-0.39, 0.29) is 17.3 Å². The molecule has 0 aliphatic carbocycles. The van der Waals surface area contributed by atoms with Crippen LogP contribution in [0.25, 0.3) is 11.3 Å². The van der Waals surface area contributed by atoms with E-state index < -0.39 is 0 Å². The number of amides is 1. The third kappa shape index (κ3) is 4.55. The lowest BCUT2D eigenvalue weighted by atomic mass is 10.1. The summed E-state index contributed by atoms with van der Waals surface area (Å²) in [5, 5.41) is 10.7. The van der Waals surface area contributed by atoms with E-state index in [9.17, 15) is 4.79 Å². The minimum atomic E-state index is -0.277. The van der Waals surface area contributed by atoms with Crippen LogP contribution in [-0.2, 0) is 4.74 Å². The van der Waals surface area contributed by atoms with Gasteiger partial charge < -0.3 is 20.1 Å². The van der Waals surface area contributed by atoms with Gasteiger partial charge in [-0.2, -0.15) is 5.10 Å². The van der Waals surface area contributed by atoms with E-state index in [1.165, 1.54) is 6.20 Å². The molecule has 0 spiro atoms. The number of rotatable bonds is 8. The molecule has 8 nitrogen and oxygen atoms in total. The smallest absolute Gasteiger partial charge is 0.254 e. The quantitative estimate of drug-likeness (QED) is 0.520. The van der Waals surface area contributed by atoms with Crippen LogP contribution in [0.15, 0.2) is 42.7 Å². The molecule has 2 heterocycles. The lowest BCUT2D eigenvalue weighted by Gasteiger charge is -2.16. The van der Waals surface area contributed by atoms with Crippen molar-refractivity contribution in [2.24, 2.45) is 0 Å². The minimum Gasteiger partial charge on any atom is -0.494 e. The number of ether oxygens (including phenoxy) is 2. The summed E-state index contributed by atoms with van der Waals surface area (Å²) >= 11 is 6.05. The van der Waals surface area contributed by atoms with Crippen molar-refractivity contribution in [3.63, 3.8) is 0 Å². The van der Waals surface area contributed by atoms with E-state index in [1.54, 1.807) is 24.9 Å². The average Bonchev–Trinajstić information content (AvgIpc) is 3.23. The first-order valence-corrected chi connectivity index (χ1v) is 9.85. The van der Waals surface area contributed by atoms with Crippen molar-refractivity contribution in [2.45, 2.75) is 20.1 Å².